The minimum atomic E-state index is -0.295. The standard InChI is InChI=1S/C15H16N2O3/c1-10-5-7-11(8-6-10)17-14(19)9-20-13-4-2-3-12(18)15(13)16/h2-8,18H,9,16H2,1H3,(H,17,19). The Morgan fingerprint density at radius 1 is 1.25 bits per heavy atom. The van der Waals surface area contributed by atoms with E-state index in [0.717, 1.165) is 5.56 Å². The molecule has 0 radical (unpaired) electrons. The second kappa shape index (κ2) is 5.97. The molecule has 104 valence electrons. The number of nitrogen functional groups attached to an aromatic ring is 1. The van der Waals surface area contributed by atoms with Gasteiger partial charge in [0.1, 0.15) is 17.2 Å². The van der Waals surface area contributed by atoms with E-state index in [1.807, 2.05) is 31.2 Å². The number of carbonyl (C=O) groups is 1. The third-order valence-corrected chi connectivity index (χ3v) is 2.74. The van der Waals surface area contributed by atoms with Crippen molar-refractivity contribution in [3.8, 4) is 11.5 Å². The van der Waals surface area contributed by atoms with Crippen molar-refractivity contribution >= 4 is 17.3 Å². The van der Waals surface area contributed by atoms with Crippen LogP contribution >= 0.6 is 0 Å². The lowest BCUT2D eigenvalue weighted by atomic mass is 10.2. The Hall–Kier alpha value is -2.69. The zero-order chi connectivity index (χ0) is 14.5. The maximum absolute atomic E-state index is 11.7. The Balaban J connectivity index is 1.92. The quantitative estimate of drug-likeness (QED) is 0.589. The van der Waals surface area contributed by atoms with E-state index in [9.17, 15) is 9.90 Å². The van der Waals surface area contributed by atoms with Gasteiger partial charge in [0.25, 0.3) is 5.91 Å². The summed E-state index contributed by atoms with van der Waals surface area (Å²) in [7, 11) is 0. The Labute approximate surface area is 117 Å². The van der Waals surface area contributed by atoms with Gasteiger partial charge < -0.3 is 20.9 Å². The van der Waals surface area contributed by atoms with Crippen LogP contribution in [0.25, 0.3) is 0 Å². The number of hydrogen-bond donors (Lipinski definition) is 3. The van der Waals surface area contributed by atoms with Gasteiger partial charge in [0, 0.05) is 5.69 Å². The van der Waals surface area contributed by atoms with Crippen LogP contribution in [0, 0.1) is 6.92 Å². The lowest BCUT2D eigenvalue weighted by Gasteiger charge is -2.10. The summed E-state index contributed by atoms with van der Waals surface area (Å²) >= 11 is 0. The second-order valence-corrected chi connectivity index (χ2v) is 4.39. The van der Waals surface area contributed by atoms with Crippen molar-refractivity contribution in [1.82, 2.24) is 0 Å². The van der Waals surface area contributed by atoms with Crippen LogP contribution in [0.5, 0.6) is 11.5 Å². The van der Waals surface area contributed by atoms with Crippen LogP contribution in [0.4, 0.5) is 11.4 Å². The minimum absolute atomic E-state index is 0.0681. The molecule has 0 aliphatic heterocycles. The van der Waals surface area contributed by atoms with Crippen molar-refractivity contribution < 1.29 is 14.6 Å². The summed E-state index contributed by atoms with van der Waals surface area (Å²) in [5, 5.41) is 12.1. The molecule has 1 amide bonds. The average Bonchev–Trinajstić information content (AvgIpc) is 2.43. The highest BCUT2D eigenvalue weighted by molar-refractivity contribution is 5.92. The molecule has 0 heterocycles. The van der Waals surface area contributed by atoms with Gasteiger partial charge in [-0.2, -0.15) is 0 Å². The molecule has 0 aromatic heterocycles. The highest BCUT2D eigenvalue weighted by Crippen LogP contribution is 2.29. The van der Waals surface area contributed by atoms with E-state index in [1.165, 1.54) is 6.07 Å². The van der Waals surface area contributed by atoms with Gasteiger partial charge >= 0.3 is 0 Å². The highest BCUT2D eigenvalue weighted by atomic mass is 16.5. The zero-order valence-electron chi connectivity index (χ0n) is 11.1. The van der Waals surface area contributed by atoms with Gasteiger partial charge in [-0.3, -0.25) is 4.79 Å². The number of ether oxygens (including phenoxy) is 1. The first kappa shape index (κ1) is 13.7. The number of phenols is 1. The van der Waals surface area contributed by atoms with Crippen molar-refractivity contribution in [2.24, 2.45) is 0 Å². The molecule has 2 rings (SSSR count). The molecule has 0 unspecified atom stereocenters. The first-order chi connectivity index (χ1) is 9.56. The molecule has 0 fully saturated rings. The first-order valence-corrected chi connectivity index (χ1v) is 6.13. The monoisotopic (exact) mass is 272 g/mol. The summed E-state index contributed by atoms with van der Waals surface area (Å²) < 4.78 is 5.28. The number of hydrogen-bond acceptors (Lipinski definition) is 4. The van der Waals surface area contributed by atoms with E-state index in [0.29, 0.717) is 5.69 Å². The summed E-state index contributed by atoms with van der Waals surface area (Å²) in [4.78, 5) is 11.7. The van der Waals surface area contributed by atoms with Crippen molar-refractivity contribution in [2.75, 3.05) is 17.7 Å². The van der Waals surface area contributed by atoms with Crippen molar-refractivity contribution in [3.05, 3.63) is 48.0 Å². The summed E-state index contributed by atoms with van der Waals surface area (Å²) in [5.74, 6) is -0.0814. The summed E-state index contributed by atoms with van der Waals surface area (Å²) in [6, 6.07) is 12.1. The van der Waals surface area contributed by atoms with Crippen LogP contribution in [0.3, 0.4) is 0 Å². The third kappa shape index (κ3) is 3.41. The van der Waals surface area contributed by atoms with Gasteiger partial charge in [-0.05, 0) is 31.2 Å². The number of para-hydroxylation sites is 1. The number of phenolic OH excluding ortho intramolecular Hbond substituents is 1. The average molecular weight is 272 g/mol. The molecule has 0 aliphatic rings. The van der Waals surface area contributed by atoms with Crippen LogP contribution in [0.1, 0.15) is 5.56 Å². The normalized spacial score (nSPS) is 10.1. The first-order valence-electron chi connectivity index (χ1n) is 6.13. The third-order valence-electron chi connectivity index (χ3n) is 2.74. The van der Waals surface area contributed by atoms with Gasteiger partial charge in [-0.25, -0.2) is 0 Å². The molecule has 0 bridgehead atoms. The predicted molar refractivity (Wildman–Crippen MR) is 77.8 cm³/mol. The summed E-state index contributed by atoms with van der Waals surface area (Å²) in [6.45, 7) is 1.79. The Morgan fingerprint density at radius 3 is 2.65 bits per heavy atom. The van der Waals surface area contributed by atoms with Crippen LogP contribution in [0.2, 0.25) is 0 Å². The zero-order valence-corrected chi connectivity index (χ0v) is 11.1. The minimum Gasteiger partial charge on any atom is -0.506 e. The van der Waals surface area contributed by atoms with Gasteiger partial charge in [0.05, 0.1) is 0 Å². The maximum Gasteiger partial charge on any atom is 0.262 e. The number of aryl methyl sites for hydroxylation is 1. The van der Waals surface area contributed by atoms with Gasteiger partial charge in [-0.15, -0.1) is 0 Å². The molecule has 0 spiro atoms. The fraction of sp³-hybridized carbons (Fsp3) is 0.133. The second-order valence-electron chi connectivity index (χ2n) is 4.39. The summed E-state index contributed by atoms with van der Waals surface area (Å²) in [6.07, 6.45) is 0. The number of benzene rings is 2. The molecule has 0 aliphatic carbocycles. The SMILES string of the molecule is Cc1ccc(NC(=O)COc2cccc(O)c2N)cc1. The fourth-order valence-corrected chi connectivity index (χ4v) is 1.64. The Morgan fingerprint density at radius 2 is 1.95 bits per heavy atom. The fourth-order valence-electron chi connectivity index (χ4n) is 1.64. The topological polar surface area (TPSA) is 84.6 Å². The number of anilines is 2. The van der Waals surface area contributed by atoms with Crippen LogP contribution in [0.15, 0.2) is 42.5 Å². The van der Waals surface area contributed by atoms with E-state index >= 15 is 0 Å². The van der Waals surface area contributed by atoms with Gasteiger partial charge in [0.15, 0.2) is 6.61 Å². The summed E-state index contributed by atoms with van der Waals surface area (Å²) in [5.41, 5.74) is 7.57. The largest absolute Gasteiger partial charge is 0.506 e. The van der Waals surface area contributed by atoms with Crippen molar-refractivity contribution in [3.63, 3.8) is 0 Å². The highest BCUT2D eigenvalue weighted by Gasteiger charge is 2.08. The molecule has 2 aromatic rings. The van der Waals surface area contributed by atoms with Crippen molar-refractivity contribution in [2.45, 2.75) is 6.92 Å². The van der Waals surface area contributed by atoms with Crippen LogP contribution in [-0.4, -0.2) is 17.6 Å². The molecule has 0 saturated carbocycles. The predicted octanol–water partition coefficient (Wildman–Crippen LogP) is 2.30. The Kier molecular flexibility index (Phi) is 4.10. The van der Waals surface area contributed by atoms with E-state index in [-0.39, 0.29) is 29.7 Å². The molecule has 0 saturated heterocycles. The van der Waals surface area contributed by atoms with Crippen LogP contribution in [-0.2, 0) is 4.79 Å². The number of amides is 1. The molecular formula is C15H16N2O3. The number of carbonyl (C=O) groups excluding carboxylic acids is 1. The van der Waals surface area contributed by atoms with Crippen LogP contribution < -0.4 is 15.8 Å². The molecule has 5 heteroatoms. The lowest BCUT2D eigenvalue weighted by molar-refractivity contribution is -0.118. The number of rotatable bonds is 4. The smallest absolute Gasteiger partial charge is 0.262 e. The molecule has 2 aromatic carbocycles. The number of aromatic hydroxyl groups is 1. The molecule has 20 heavy (non-hydrogen) atoms. The lowest BCUT2D eigenvalue weighted by Crippen LogP contribution is -2.20. The number of nitrogens with one attached hydrogen (secondary N) is 1. The van der Waals surface area contributed by atoms with E-state index in [2.05, 4.69) is 5.32 Å². The van der Waals surface area contributed by atoms with E-state index in [4.69, 9.17) is 10.5 Å². The van der Waals surface area contributed by atoms with Gasteiger partial charge in [0.2, 0.25) is 0 Å². The molecule has 4 N–H and O–H groups in total. The molecule has 0 atom stereocenters. The molecular weight excluding hydrogens is 256 g/mol. The Bertz CT molecular complexity index is 609. The maximum atomic E-state index is 11.7. The molecule has 5 nitrogen and oxygen atoms in total. The number of nitrogens with two attached hydrogens (primary N) is 1. The van der Waals surface area contributed by atoms with E-state index in [1.54, 1.807) is 12.1 Å². The van der Waals surface area contributed by atoms with Crippen molar-refractivity contribution in [1.29, 1.82) is 0 Å². The van der Waals surface area contributed by atoms with E-state index < -0.39 is 0 Å². The van der Waals surface area contributed by atoms with Gasteiger partial charge in [-0.1, -0.05) is 23.8 Å².